The molecule has 1 N–H and O–H groups in total. The third-order valence-corrected chi connectivity index (χ3v) is 5.00. The van der Waals surface area contributed by atoms with Crippen molar-refractivity contribution in [2.24, 2.45) is 0 Å². The molecule has 1 atom stereocenters. The van der Waals surface area contributed by atoms with E-state index in [0.717, 1.165) is 45.5 Å². The molecule has 126 valence electrons. The van der Waals surface area contributed by atoms with E-state index in [4.69, 9.17) is 4.74 Å². The first-order chi connectivity index (χ1) is 11.8. The number of likely N-dealkylation sites (tertiary alicyclic amines) is 1. The molecule has 2 aromatic heterocycles. The Morgan fingerprint density at radius 1 is 1.17 bits per heavy atom. The maximum Gasteiger partial charge on any atom is 0.222 e. The molecule has 1 spiro atoms. The van der Waals surface area contributed by atoms with Gasteiger partial charge in [0.15, 0.2) is 0 Å². The number of anilines is 1. The Labute approximate surface area is 142 Å². The summed E-state index contributed by atoms with van der Waals surface area (Å²) in [7, 11) is 0. The molecule has 1 unspecified atom stereocenters. The van der Waals surface area contributed by atoms with E-state index in [-0.39, 0.29) is 5.60 Å². The molecule has 0 saturated carbocycles. The summed E-state index contributed by atoms with van der Waals surface area (Å²) in [6.45, 7) is 3.86. The fraction of sp³-hybridized carbons (Fsp3) is 0.500. The second-order valence-corrected chi connectivity index (χ2v) is 6.75. The Morgan fingerprint density at radius 3 is 2.75 bits per heavy atom. The highest BCUT2D eigenvalue weighted by molar-refractivity contribution is 5.25. The van der Waals surface area contributed by atoms with Crippen molar-refractivity contribution in [1.29, 1.82) is 0 Å². The molecular formula is C18H23N5O. The molecular weight excluding hydrogens is 302 g/mol. The van der Waals surface area contributed by atoms with Crippen LogP contribution in [0.15, 0.2) is 43.0 Å². The molecule has 2 aliphatic rings. The zero-order valence-electron chi connectivity index (χ0n) is 13.8. The number of hydrogen-bond donors (Lipinski definition) is 1. The molecule has 0 aliphatic carbocycles. The van der Waals surface area contributed by atoms with Crippen molar-refractivity contribution < 1.29 is 4.74 Å². The van der Waals surface area contributed by atoms with Crippen LogP contribution in [0.4, 0.5) is 5.95 Å². The number of aromatic nitrogens is 3. The van der Waals surface area contributed by atoms with Crippen LogP contribution in [-0.2, 0) is 11.3 Å². The van der Waals surface area contributed by atoms with Crippen LogP contribution in [0.5, 0.6) is 0 Å². The molecule has 2 fully saturated rings. The maximum atomic E-state index is 6.21. The predicted octanol–water partition coefficient (Wildman–Crippen LogP) is 2.11. The lowest BCUT2D eigenvalue weighted by Gasteiger charge is -2.38. The normalized spacial score (nSPS) is 23.4. The van der Waals surface area contributed by atoms with Crippen LogP contribution in [0, 0.1) is 0 Å². The maximum absolute atomic E-state index is 6.21. The smallest absolute Gasteiger partial charge is 0.222 e. The van der Waals surface area contributed by atoms with Crippen LogP contribution in [-0.4, -0.2) is 51.2 Å². The van der Waals surface area contributed by atoms with Gasteiger partial charge in [-0.2, -0.15) is 0 Å². The molecule has 6 heteroatoms. The van der Waals surface area contributed by atoms with E-state index in [9.17, 15) is 0 Å². The van der Waals surface area contributed by atoms with E-state index in [2.05, 4.69) is 31.2 Å². The molecule has 4 heterocycles. The molecule has 0 radical (unpaired) electrons. The molecule has 6 nitrogen and oxygen atoms in total. The van der Waals surface area contributed by atoms with Gasteiger partial charge in [-0.3, -0.25) is 9.88 Å². The Bertz CT molecular complexity index is 643. The van der Waals surface area contributed by atoms with Gasteiger partial charge in [-0.15, -0.1) is 0 Å². The van der Waals surface area contributed by atoms with Crippen molar-refractivity contribution in [3.63, 3.8) is 0 Å². The molecule has 2 aliphatic heterocycles. The average molecular weight is 325 g/mol. The van der Waals surface area contributed by atoms with Crippen LogP contribution < -0.4 is 5.32 Å². The van der Waals surface area contributed by atoms with E-state index in [1.165, 1.54) is 5.56 Å². The van der Waals surface area contributed by atoms with Gasteiger partial charge in [0.25, 0.3) is 0 Å². The molecule has 0 amide bonds. The fourth-order valence-electron chi connectivity index (χ4n) is 3.71. The first-order valence-electron chi connectivity index (χ1n) is 8.60. The summed E-state index contributed by atoms with van der Waals surface area (Å²) in [5, 5.41) is 3.39. The number of rotatable bonds is 4. The highest BCUT2D eigenvalue weighted by atomic mass is 16.5. The van der Waals surface area contributed by atoms with E-state index in [0.29, 0.717) is 12.0 Å². The molecule has 2 aromatic rings. The minimum atomic E-state index is 0.0257. The van der Waals surface area contributed by atoms with Crippen molar-refractivity contribution >= 4 is 5.95 Å². The number of hydrogen-bond acceptors (Lipinski definition) is 6. The van der Waals surface area contributed by atoms with Crippen molar-refractivity contribution in [1.82, 2.24) is 19.9 Å². The van der Waals surface area contributed by atoms with Crippen molar-refractivity contribution in [3.8, 4) is 0 Å². The predicted molar refractivity (Wildman–Crippen MR) is 91.5 cm³/mol. The fourth-order valence-corrected chi connectivity index (χ4v) is 3.71. The minimum absolute atomic E-state index is 0.0257. The summed E-state index contributed by atoms with van der Waals surface area (Å²) in [5.41, 5.74) is 1.30. The van der Waals surface area contributed by atoms with E-state index < -0.39 is 0 Å². The summed E-state index contributed by atoms with van der Waals surface area (Å²) in [4.78, 5) is 15.2. The topological polar surface area (TPSA) is 63.2 Å². The summed E-state index contributed by atoms with van der Waals surface area (Å²) in [5.74, 6) is 0.692. The van der Waals surface area contributed by atoms with Crippen LogP contribution in [0.1, 0.15) is 24.8 Å². The van der Waals surface area contributed by atoms with E-state index in [1.807, 2.05) is 24.5 Å². The van der Waals surface area contributed by atoms with Gasteiger partial charge in [0.2, 0.25) is 5.95 Å². The lowest BCUT2D eigenvalue weighted by molar-refractivity contribution is -0.0448. The van der Waals surface area contributed by atoms with Gasteiger partial charge in [0, 0.05) is 44.4 Å². The quantitative estimate of drug-likeness (QED) is 0.929. The standard InChI is InChI=1S/C18H23N5O/c1-3-15(12-19-6-1)13-23-9-4-18(5-10-23)11-16(14-24-18)22-17-20-7-2-8-21-17/h1-3,6-8,12,16H,4-5,9-11,13-14H2,(H,20,21,22). The molecule has 24 heavy (non-hydrogen) atoms. The zero-order chi connectivity index (χ0) is 16.2. The molecule has 4 rings (SSSR count). The van der Waals surface area contributed by atoms with Crippen molar-refractivity contribution in [2.75, 3.05) is 25.0 Å². The number of nitrogens with zero attached hydrogens (tertiary/aromatic N) is 4. The summed E-state index contributed by atoms with van der Waals surface area (Å²) in [6.07, 6.45) is 10.5. The van der Waals surface area contributed by atoms with E-state index >= 15 is 0 Å². The van der Waals surface area contributed by atoms with Crippen LogP contribution >= 0.6 is 0 Å². The second-order valence-electron chi connectivity index (χ2n) is 6.75. The first kappa shape index (κ1) is 15.5. The Balaban J connectivity index is 1.29. The summed E-state index contributed by atoms with van der Waals surface area (Å²) >= 11 is 0. The van der Waals surface area contributed by atoms with Gasteiger partial charge in [-0.1, -0.05) is 6.07 Å². The third-order valence-electron chi connectivity index (χ3n) is 5.00. The third kappa shape index (κ3) is 3.55. The summed E-state index contributed by atoms with van der Waals surface area (Å²) in [6, 6.07) is 6.28. The van der Waals surface area contributed by atoms with E-state index in [1.54, 1.807) is 12.4 Å². The number of pyridine rings is 1. The molecule has 2 saturated heterocycles. The monoisotopic (exact) mass is 325 g/mol. The van der Waals surface area contributed by atoms with Gasteiger partial charge in [-0.25, -0.2) is 9.97 Å². The summed E-state index contributed by atoms with van der Waals surface area (Å²) < 4.78 is 6.21. The first-order valence-corrected chi connectivity index (χ1v) is 8.60. The van der Waals surface area contributed by atoms with Crippen LogP contribution in [0.25, 0.3) is 0 Å². The largest absolute Gasteiger partial charge is 0.373 e. The Hall–Kier alpha value is -2.05. The zero-order valence-corrected chi connectivity index (χ0v) is 13.8. The van der Waals surface area contributed by atoms with Gasteiger partial charge < -0.3 is 10.1 Å². The highest BCUT2D eigenvalue weighted by Gasteiger charge is 2.42. The molecule has 0 bridgehead atoms. The Kier molecular flexibility index (Phi) is 4.40. The number of nitrogens with one attached hydrogen (secondary N) is 1. The highest BCUT2D eigenvalue weighted by Crippen LogP contribution is 2.36. The SMILES string of the molecule is c1cnc(NC2COC3(CCN(Cc4cccnc4)CC3)C2)nc1. The lowest BCUT2D eigenvalue weighted by Crippen LogP contribution is -2.44. The van der Waals surface area contributed by atoms with Gasteiger partial charge in [0.1, 0.15) is 0 Å². The van der Waals surface area contributed by atoms with Crippen LogP contribution in [0.2, 0.25) is 0 Å². The van der Waals surface area contributed by atoms with Gasteiger partial charge in [0.05, 0.1) is 18.2 Å². The second kappa shape index (κ2) is 6.83. The average Bonchev–Trinajstić information content (AvgIpc) is 3.01. The van der Waals surface area contributed by atoms with Gasteiger partial charge >= 0.3 is 0 Å². The van der Waals surface area contributed by atoms with Crippen LogP contribution in [0.3, 0.4) is 0 Å². The van der Waals surface area contributed by atoms with Crippen molar-refractivity contribution in [2.45, 2.75) is 37.5 Å². The van der Waals surface area contributed by atoms with Crippen molar-refractivity contribution in [3.05, 3.63) is 48.5 Å². The van der Waals surface area contributed by atoms with Gasteiger partial charge in [-0.05, 0) is 37.0 Å². The number of ether oxygens (including phenoxy) is 1. The number of piperidine rings is 1. The molecule has 0 aromatic carbocycles. The Morgan fingerprint density at radius 2 is 2.00 bits per heavy atom. The minimum Gasteiger partial charge on any atom is -0.373 e. The lowest BCUT2D eigenvalue weighted by atomic mass is 9.87.